The van der Waals surface area contributed by atoms with Crippen molar-refractivity contribution in [2.45, 2.75) is 27.3 Å². The maximum atomic E-state index is 12.2. The zero-order valence-electron chi connectivity index (χ0n) is 16.3. The Morgan fingerprint density at radius 1 is 1.30 bits per heavy atom. The number of aromatic nitrogens is 1. The Morgan fingerprint density at radius 3 is 2.70 bits per heavy atom. The van der Waals surface area contributed by atoms with Crippen LogP contribution in [-0.4, -0.2) is 48.4 Å². The molecule has 1 aromatic heterocycles. The summed E-state index contributed by atoms with van der Waals surface area (Å²) in [6.45, 7) is 8.51. The lowest BCUT2D eigenvalue weighted by atomic mass is 10.1. The van der Waals surface area contributed by atoms with Gasteiger partial charge in [0.05, 0.1) is 23.8 Å². The molecule has 0 spiro atoms. The Balaban J connectivity index is 0.00000364. The van der Waals surface area contributed by atoms with Crippen LogP contribution in [0.3, 0.4) is 0 Å². The molecule has 0 aliphatic heterocycles. The highest BCUT2D eigenvalue weighted by atomic mass is 127. The van der Waals surface area contributed by atoms with Crippen molar-refractivity contribution in [3.63, 3.8) is 0 Å². The number of rotatable bonds is 7. The normalized spacial score (nSPS) is 10.9. The minimum atomic E-state index is -0.0693. The van der Waals surface area contributed by atoms with E-state index in [4.69, 9.17) is 0 Å². The summed E-state index contributed by atoms with van der Waals surface area (Å²) < 4.78 is 0. The first kappa shape index (κ1) is 23.4. The Bertz CT molecular complexity index is 762. The Hall–Kier alpha value is -1.68. The summed E-state index contributed by atoms with van der Waals surface area (Å²) in [5, 5.41) is 9.32. The quantitative estimate of drug-likeness (QED) is 0.265. The summed E-state index contributed by atoms with van der Waals surface area (Å²) in [6.07, 6.45) is 0. The Kier molecular flexibility index (Phi) is 10.3. The topological polar surface area (TPSA) is 69.6 Å². The first-order valence-electron chi connectivity index (χ1n) is 8.75. The van der Waals surface area contributed by atoms with Crippen LogP contribution in [0.25, 0.3) is 0 Å². The molecule has 1 heterocycles. The van der Waals surface area contributed by atoms with Gasteiger partial charge in [-0.05, 0) is 32.9 Å². The third kappa shape index (κ3) is 7.84. The van der Waals surface area contributed by atoms with E-state index in [0.717, 1.165) is 28.8 Å². The molecular weight excluding hydrogens is 473 g/mol. The second-order valence-corrected chi connectivity index (χ2v) is 7.14. The number of nitrogens with one attached hydrogen (secondary N) is 2. The highest BCUT2D eigenvalue weighted by Crippen LogP contribution is 2.09. The summed E-state index contributed by atoms with van der Waals surface area (Å²) >= 11 is 1.65. The number of aryl methyl sites for hydroxylation is 2. The zero-order chi connectivity index (χ0) is 18.9. The monoisotopic (exact) mass is 501 g/mol. The molecule has 2 aromatic rings. The van der Waals surface area contributed by atoms with Crippen molar-refractivity contribution in [1.82, 2.24) is 20.5 Å². The minimum absolute atomic E-state index is 0. The first-order chi connectivity index (χ1) is 12.5. The van der Waals surface area contributed by atoms with Gasteiger partial charge in [-0.25, -0.2) is 4.98 Å². The lowest BCUT2D eigenvalue weighted by Crippen LogP contribution is -2.39. The number of hydrogen-bond donors (Lipinski definition) is 2. The summed E-state index contributed by atoms with van der Waals surface area (Å²) in [7, 11) is 1.99. The van der Waals surface area contributed by atoms with Crippen molar-refractivity contribution in [2.24, 2.45) is 4.99 Å². The van der Waals surface area contributed by atoms with E-state index in [1.165, 1.54) is 0 Å². The van der Waals surface area contributed by atoms with Crippen LogP contribution in [0, 0.1) is 13.8 Å². The van der Waals surface area contributed by atoms with Crippen LogP contribution in [0.4, 0.5) is 0 Å². The van der Waals surface area contributed by atoms with E-state index in [2.05, 4.69) is 26.0 Å². The molecule has 27 heavy (non-hydrogen) atoms. The number of carbonyl (C=O) groups excluding carboxylic acids is 1. The SMILES string of the molecule is CCNC(=NCCNC(=O)c1cccc(C)c1)N(C)Cc1csc(C)n1.I. The van der Waals surface area contributed by atoms with Crippen molar-refractivity contribution < 1.29 is 4.79 Å². The van der Waals surface area contributed by atoms with Gasteiger partial charge >= 0.3 is 0 Å². The van der Waals surface area contributed by atoms with E-state index in [1.807, 2.05) is 57.0 Å². The molecule has 0 unspecified atom stereocenters. The van der Waals surface area contributed by atoms with Gasteiger partial charge in [-0.1, -0.05) is 17.7 Å². The average Bonchev–Trinajstić information content (AvgIpc) is 3.02. The Labute approximate surface area is 182 Å². The molecule has 2 rings (SSSR count). The fourth-order valence-corrected chi connectivity index (χ4v) is 3.09. The predicted molar refractivity (Wildman–Crippen MR) is 123 cm³/mol. The molecule has 1 aromatic carbocycles. The number of benzene rings is 1. The van der Waals surface area contributed by atoms with Crippen LogP contribution >= 0.6 is 35.3 Å². The largest absolute Gasteiger partial charge is 0.357 e. The maximum Gasteiger partial charge on any atom is 0.251 e. The van der Waals surface area contributed by atoms with Gasteiger partial charge in [0.25, 0.3) is 5.91 Å². The fraction of sp³-hybridized carbons (Fsp3) is 0.421. The Morgan fingerprint density at radius 2 is 2.07 bits per heavy atom. The number of aliphatic imine (C=N–C) groups is 1. The number of carbonyl (C=O) groups is 1. The molecule has 2 N–H and O–H groups in total. The van der Waals surface area contributed by atoms with Crippen LogP contribution in [0.2, 0.25) is 0 Å². The number of amides is 1. The van der Waals surface area contributed by atoms with Crippen LogP contribution in [0.5, 0.6) is 0 Å². The van der Waals surface area contributed by atoms with E-state index in [-0.39, 0.29) is 29.9 Å². The lowest BCUT2D eigenvalue weighted by molar-refractivity contribution is 0.0954. The molecule has 1 amide bonds. The number of guanidine groups is 1. The van der Waals surface area contributed by atoms with E-state index in [9.17, 15) is 4.79 Å². The highest BCUT2D eigenvalue weighted by molar-refractivity contribution is 14.0. The van der Waals surface area contributed by atoms with Crippen LogP contribution in [0.15, 0.2) is 34.6 Å². The van der Waals surface area contributed by atoms with Crippen molar-refractivity contribution in [3.8, 4) is 0 Å². The van der Waals surface area contributed by atoms with Crippen LogP contribution < -0.4 is 10.6 Å². The van der Waals surface area contributed by atoms with Gasteiger partial charge in [0.2, 0.25) is 0 Å². The molecule has 0 bridgehead atoms. The van der Waals surface area contributed by atoms with Gasteiger partial charge in [0.1, 0.15) is 0 Å². The molecule has 0 fully saturated rings. The number of hydrogen-bond acceptors (Lipinski definition) is 4. The van der Waals surface area contributed by atoms with Crippen molar-refractivity contribution in [2.75, 3.05) is 26.7 Å². The van der Waals surface area contributed by atoms with Gasteiger partial charge in [-0.3, -0.25) is 9.79 Å². The summed E-state index contributed by atoms with van der Waals surface area (Å²) in [4.78, 5) is 23.3. The standard InChI is InChI=1S/C19H27N5OS.HI/c1-5-20-19(24(4)12-17-13-26-15(3)23-17)22-10-9-21-18(25)16-8-6-7-14(2)11-16;/h6-8,11,13H,5,9-10,12H2,1-4H3,(H,20,22)(H,21,25);1H. The first-order valence-corrected chi connectivity index (χ1v) is 9.63. The maximum absolute atomic E-state index is 12.2. The molecule has 6 nitrogen and oxygen atoms in total. The van der Waals surface area contributed by atoms with Crippen molar-refractivity contribution in [1.29, 1.82) is 0 Å². The molecule has 0 aliphatic rings. The van der Waals surface area contributed by atoms with Gasteiger partial charge in [-0.15, -0.1) is 35.3 Å². The minimum Gasteiger partial charge on any atom is -0.357 e. The van der Waals surface area contributed by atoms with Gasteiger partial charge in [0, 0.05) is 31.1 Å². The predicted octanol–water partition coefficient (Wildman–Crippen LogP) is 3.21. The molecule has 8 heteroatoms. The molecular formula is C19H28IN5OS. The molecule has 0 radical (unpaired) electrons. The second-order valence-electron chi connectivity index (χ2n) is 6.07. The van der Waals surface area contributed by atoms with E-state index < -0.39 is 0 Å². The smallest absolute Gasteiger partial charge is 0.251 e. The number of nitrogens with zero attached hydrogens (tertiary/aromatic N) is 3. The molecule has 0 saturated carbocycles. The molecule has 148 valence electrons. The third-order valence-corrected chi connectivity index (χ3v) is 4.52. The summed E-state index contributed by atoms with van der Waals surface area (Å²) in [6, 6.07) is 7.57. The number of thiazole rings is 1. The summed E-state index contributed by atoms with van der Waals surface area (Å²) in [5.74, 6) is 0.739. The summed E-state index contributed by atoms with van der Waals surface area (Å²) in [5.41, 5.74) is 2.79. The molecule has 0 saturated heterocycles. The zero-order valence-corrected chi connectivity index (χ0v) is 19.4. The lowest BCUT2D eigenvalue weighted by Gasteiger charge is -2.21. The molecule has 0 atom stereocenters. The van der Waals surface area contributed by atoms with Crippen molar-refractivity contribution in [3.05, 3.63) is 51.5 Å². The second kappa shape index (κ2) is 11.9. The fourth-order valence-electron chi connectivity index (χ4n) is 2.49. The van der Waals surface area contributed by atoms with Crippen LogP contribution in [-0.2, 0) is 6.54 Å². The van der Waals surface area contributed by atoms with Gasteiger partial charge in [-0.2, -0.15) is 0 Å². The average molecular weight is 501 g/mol. The van der Waals surface area contributed by atoms with E-state index in [1.54, 1.807) is 11.3 Å². The number of halogens is 1. The van der Waals surface area contributed by atoms with Crippen molar-refractivity contribution >= 4 is 47.2 Å². The van der Waals surface area contributed by atoms with E-state index in [0.29, 0.717) is 25.2 Å². The third-order valence-electron chi connectivity index (χ3n) is 3.70. The van der Waals surface area contributed by atoms with Crippen LogP contribution in [0.1, 0.15) is 33.5 Å². The van der Waals surface area contributed by atoms with E-state index >= 15 is 0 Å². The molecule has 0 aliphatic carbocycles. The van der Waals surface area contributed by atoms with Gasteiger partial charge in [0.15, 0.2) is 5.96 Å². The van der Waals surface area contributed by atoms with Gasteiger partial charge < -0.3 is 15.5 Å². The highest BCUT2D eigenvalue weighted by Gasteiger charge is 2.09.